The Hall–Kier alpha value is -2.32. The first-order valence-electron chi connectivity index (χ1n) is 9.59. The molecule has 142 valence electrons. The third-order valence-corrected chi connectivity index (χ3v) is 10.1. The van der Waals surface area contributed by atoms with Gasteiger partial charge in [0.05, 0.1) is 5.56 Å². The molecule has 5 heteroatoms. The standard InChI is InChI=1S/C22H29N3OSi/c1-15-18(8-7-9-20(15)26-27(5,6)22(2,3)4)24-21-17(14-23)12-13-19(25-21)16-10-11-16/h7-9,12-13,16H,10-11H2,1-6H3,(H,24,25). The third-order valence-electron chi connectivity index (χ3n) is 5.74. The molecule has 1 N–H and O–H groups in total. The molecule has 1 aromatic carbocycles. The van der Waals surface area contributed by atoms with Gasteiger partial charge in [-0.05, 0) is 62.2 Å². The van der Waals surface area contributed by atoms with Crippen LogP contribution in [0.5, 0.6) is 5.75 Å². The molecule has 0 bridgehead atoms. The van der Waals surface area contributed by atoms with E-state index >= 15 is 0 Å². The van der Waals surface area contributed by atoms with E-state index in [1.54, 1.807) is 0 Å². The van der Waals surface area contributed by atoms with Gasteiger partial charge in [-0.3, -0.25) is 0 Å². The third kappa shape index (κ3) is 4.17. The highest BCUT2D eigenvalue weighted by Gasteiger charge is 2.39. The predicted molar refractivity (Wildman–Crippen MR) is 113 cm³/mol. The summed E-state index contributed by atoms with van der Waals surface area (Å²) in [7, 11) is -1.92. The molecule has 27 heavy (non-hydrogen) atoms. The van der Waals surface area contributed by atoms with E-state index < -0.39 is 8.32 Å². The lowest BCUT2D eigenvalue weighted by molar-refractivity contribution is 0.489. The first kappa shape index (κ1) is 19.4. The molecule has 0 radical (unpaired) electrons. The minimum absolute atomic E-state index is 0.136. The van der Waals surface area contributed by atoms with Crippen molar-refractivity contribution in [2.75, 3.05) is 5.32 Å². The molecule has 2 aromatic rings. The van der Waals surface area contributed by atoms with Crippen LogP contribution in [0.15, 0.2) is 30.3 Å². The summed E-state index contributed by atoms with van der Waals surface area (Å²) >= 11 is 0. The highest BCUT2D eigenvalue weighted by molar-refractivity contribution is 6.74. The van der Waals surface area contributed by atoms with Gasteiger partial charge >= 0.3 is 0 Å². The zero-order valence-corrected chi connectivity index (χ0v) is 18.2. The van der Waals surface area contributed by atoms with Crippen molar-refractivity contribution in [2.45, 2.75) is 64.6 Å². The van der Waals surface area contributed by atoms with E-state index in [1.807, 2.05) is 30.3 Å². The number of nitrogens with one attached hydrogen (secondary N) is 1. The first-order chi connectivity index (χ1) is 12.6. The van der Waals surface area contributed by atoms with Crippen molar-refractivity contribution in [3.63, 3.8) is 0 Å². The van der Waals surface area contributed by atoms with Crippen LogP contribution in [0.1, 0.15) is 56.4 Å². The molecule has 0 amide bonds. The van der Waals surface area contributed by atoms with Crippen LogP contribution in [-0.4, -0.2) is 13.3 Å². The van der Waals surface area contributed by atoms with Gasteiger partial charge in [0.15, 0.2) is 0 Å². The molecule has 0 spiro atoms. The molecule has 1 aliphatic carbocycles. The highest BCUT2D eigenvalue weighted by atomic mass is 28.4. The Labute approximate surface area is 163 Å². The van der Waals surface area contributed by atoms with E-state index in [0.717, 1.165) is 22.7 Å². The number of hydrogen-bond donors (Lipinski definition) is 1. The largest absolute Gasteiger partial charge is 0.543 e. The van der Waals surface area contributed by atoms with Crippen LogP contribution in [0.25, 0.3) is 0 Å². The number of anilines is 2. The lowest BCUT2D eigenvalue weighted by Gasteiger charge is -2.37. The predicted octanol–water partition coefficient (Wildman–Crippen LogP) is 6.27. The van der Waals surface area contributed by atoms with Crippen molar-refractivity contribution in [1.82, 2.24) is 4.98 Å². The molecular formula is C22H29N3OSi. The average molecular weight is 380 g/mol. The summed E-state index contributed by atoms with van der Waals surface area (Å²) in [6.07, 6.45) is 2.38. The second-order valence-corrected chi connectivity index (χ2v) is 13.7. The maximum atomic E-state index is 9.46. The summed E-state index contributed by atoms with van der Waals surface area (Å²) in [5.41, 5.74) is 3.62. The molecule has 0 unspecified atom stereocenters. The molecule has 1 fully saturated rings. The van der Waals surface area contributed by atoms with Crippen LogP contribution >= 0.6 is 0 Å². The number of nitrogens with zero attached hydrogens (tertiary/aromatic N) is 2. The zero-order valence-electron chi connectivity index (χ0n) is 17.2. The number of aromatic nitrogens is 1. The summed E-state index contributed by atoms with van der Waals surface area (Å²) in [4.78, 5) is 4.72. The Morgan fingerprint density at radius 3 is 2.48 bits per heavy atom. The molecule has 0 atom stereocenters. The van der Waals surface area contributed by atoms with Gasteiger partial charge < -0.3 is 9.74 Å². The van der Waals surface area contributed by atoms with Crippen molar-refractivity contribution < 1.29 is 4.43 Å². The van der Waals surface area contributed by atoms with E-state index in [9.17, 15) is 5.26 Å². The van der Waals surface area contributed by atoms with Gasteiger partial charge in [0.25, 0.3) is 0 Å². The average Bonchev–Trinajstić information content (AvgIpc) is 3.42. The smallest absolute Gasteiger partial charge is 0.250 e. The van der Waals surface area contributed by atoms with Crippen molar-refractivity contribution in [3.05, 3.63) is 47.2 Å². The van der Waals surface area contributed by atoms with Gasteiger partial charge in [-0.15, -0.1) is 0 Å². The van der Waals surface area contributed by atoms with Crippen LogP contribution in [0, 0.1) is 18.3 Å². The lowest BCUT2D eigenvalue weighted by Crippen LogP contribution is -2.44. The van der Waals surface area contributed by atoms with E-state index in [1.165, 1.54) is 12.8 Å². The SMILES string of the molecule is Cc1c(Nc2nc(C3CC3)ccc2C#N)cccc1O[Si](C)(C)C(C)(C)C. The second kappa shape index (κ2) is 7.01. The molecule has 0 aliphatic heterocycles. The van der Waals surface area contributed by atoms with E-state index in [2.05, 4.69) is 52.2 Å². The Balaban J connectivity index is 1.91. The van der Waals surface area contributed by atoms with Crippen molar-refractivity contribution in [3.8, 4) is 11.8 Å². The number of pyridine rings is 1. The molecule has 3 rings (SSSR count). The van der Waals surface area contributed by atoms with Gasteiger partial charge in [-0.2, -0.15) is 5.26 Å². The van der Waals surface area contributed by atoms with Gasteiger partial charge in [-0.25, -0.2) is 4.98 Å². The molecule has 1 saturated carbocycles. The number of nitriles is 1. The second-order valence-electron chi connectivity index (χ2n) is 8.93. The molecule has 0 saturated heterocycles. The molecule has 1 heterocycles. The van der Waals surface area contributed by atoms with Crippen LogP contribution < -0.4 is 9.74 Å². The van der Waals surface area contributed by atoms with E-state index in [-0.39, 0.29) is 5.04 Å². The quantitative estimate of drug-likeness (QED) is 0.622. The monoisotopic (exact) mass is 379 g/mol. The Kier molecular flexibility index (Phi) is 5.05. The van der Waals surface area contributed by atoms with Crippen LogP contribution in [-0.2, 0) is 0 Å². The first-order valence-corrected chi connectivity index (χ1v) is 12.5. The van der Waals surface area contributed by atoms with E-state index in [4.69, 9.17) is 9.41 Å². The van der Waals surface area contributed by atoms with Crippen LogP contribution in [0.3, 0.4) is 0 Å². The number of rotatable bonds is 5. The summed E-state index contributed by atoms with van der Waals surface area (Å²) < 4.78 is 6.52. The molecular weight excluding hydrogens is 350 g/mol. The maximum Gasteiger partial charge on any atom is 0.250 e. The minimum atomic E-state index is -1.92. The zero-order chi connectivity index (χ0) is 19.8. The minimum Gasteiger partial charge on any atom is -0.543 e. The fourth-order valence-corrected chi connectivity index (χ4v) is 3.76. The highest BCUT2D eigenvalue weighted by Crippen LogP contribution is 2.41. The van der Waals surface area contributed by atoms with E-state index in [0.29, 0.717) is 17.3 Å². The van der Waals surface area contributed by atoms with Gasteiger partial charge in [0.2, 0.25) is 8.32 Å². The summed E-state index contributed by atoms with van der Waals surface area (Å²) in [5, 5.41) is 13.0. The summed E-state index contributed by atoms with van der Waals surface area (Å²) in [5.74, 6) is 2.09. The maximum absolute atomic E-state index is 9.46. The van der Waals surface area contributed by atoms with Crippen molar-refractivity contribution in [1.29, 1.82) is 5.26 Å². The molecule has 1 aliphatic rings. The summed E-state index contributed by atoms with van der Waals surface area (Å²) in [6, 6.07) is 12.1. The number of hydrogen-bond acceptors (Lipinski definition) is 4. The van der Waals surface area contributed by atoms with Crippen LogP contribution in [0.4, 0.5) is 11.5 Å². The van der Waals surface area contributed by atoms with Gasteiger partial charge in [0.1, 0.15) is 17.6 Å². The fourth-order valence-electron chi connectivity index (χ4n) is 2.68. The fraction of sp³-hybridized carbons (Fsp3) is 0.455. The van der Waals surface area contributed by atoms with Crippen molar-refractivity contribution >= 4 is 19.8 Å². The lowest BCUT2D eigenvalue weighted by atomic mass is 10.1. The Bertz CT molecular complexity index is 889. The summed E-state index contributed by atoms with van der Waals surface area (Å²) in [6.45, 7) is 13.3. The Morgan fingerprint density at radius 2 is 1.89 bits per heavy atom. The van der Waals surface area contributed by atoms with Gasteiger partial charge in [0, 0.05) is 22.9 Å². The molecule has 1 aromatic heterocycles. The van der Waals surface area contributed by atoms with Crippen molar-refractivity contribution in [2.24, 2.45) is 0 Å². The number of benzene rings is 1. The molecule has 4 nitrogen and oxygen atoms in total. The van der Waals surface area contributed by atoms with Gasteiger partial charge in [-0.1, -0.05) is 26.8 Å². The normalized spacial score (nSPS) is 14.6. The Morgan fingerprint density at radius 1 is 1.19 bits per heavy atom. The van der Waals surface area contributed by atoms with Crippen LogP contribution in [0.2, 0.25) is 18.1 Å². The topological polar surface area (TPSA) is 57.9 Å².